The van der Waals surface area contributed by atoms with Gasteiger partial charge in [0.25, 0.3) is 0 Å². The van der Waals surface area contributed by atoms with Gasteiger partial charge in [-0.25, -0.2) is 0 Å². The van der Waals surface area contributed by atoms with Crippen LogP contribution in [0, 0.1) is 0 Å². The van der Waals surface area contributed by atoms with Gasteiger partial charge in [0.05, 0.1) is 18.7 Å². The summed E-state index contributed by atoms with van der Waals surface area (Å²) in [4.78, 5) is 29.7. The number of likely N-dealkylation sites (N-methyl/N-ethyl adjacent to an activating group) is 1. The molecule has 0 bridgehead atoms. The predicted octanol–water partition coefficient (Wildman–Crippen LogP) is 6.56. The molecule has 210 valence electrons. The average Bonchev–Trinajstić information content (AvgIpc) is 3.36. The van der Waals surface area contributed by atoms with Crippen LogP contribution in [0.25, 0.3) is 0 Å². The van der Waals surface area contributed by atoms with Gasteiger partial charge in [-0.15, -0.1) is 0 Å². The summed E-state index contributed by atoms with van der Waals surface area (Å²) in [5, 5.41) is 0. The zero-order valence-electron chi connectivity index (χ0n) is 22.8. The molecular weight excluding hydrogens is 503 g/mol. The van der Waals surface area contributed by atoms with Gasteiger partial charge in [0.2, 0.25) is 11.8 Å². The molecular formula is C31H38F3N3O2. The van der Waals surface area contributed by atoms with Gasteiger partial charge < -0.3 is 14.4 Å². The maximum Gasteiger partial charge on any atom is 0.416 e. The molecule has 0 unspecified atom stereocenters. The molecule has 1 aromatic heterocycles. The largest absolute Gasteiger partial charge is 0.416 e. The van der Waals surface area contributed by atoms with E-state index in [-0.39, 0.29) is 24.9 Å². The Morgan fingerprint density at radius 3 is 2.28 bits per heavy atom. The lowest BCUT2D eigenvalue weighted by Crippen LogP contribution is -2.43. The first kappa shape index (κ1) is 30.0. The first-order valence-corrected chi connectivity index (χ1v) is 13.6. The minimum Gasteiger partial charge on any atom is -0.345 e. The van der Waals surface area contributed by atoms with Crippen molar-refractivity contribution in [3.8, 4) is 0 Å². The lowest BCUT2D eigenvalue weighted by atomic mass is 10.1. The Balaban J connectivity index is 1.68. The maximum absolute atomic E-state index is 13.4. The van der Waals surface area contributed by atoms with E-state index in [1.54, 1.807) is 15.9 Å². The summed E-state index contributed by atoms with van der Waals surface area (Å²) < 4.78 is 41.4. The van der Waals surface area contributed by atoms with Crippen molar-refractivity contribution in [1.82, 2.24) is 14.4 Å². The van der Waals surface area contributed by atoms with Crippen molar-refractivity contribution in [3.05, 3.63) is 95.3 Å². The number of aryl methyl sites for hydroxylation is 1. The molecule has 0 aliphatic carbocycles. The average molecular weight is 542 g/mol. The van der Waals surface area contributed by atoms with E-state index in [2.05, 4.69) is 6.92 Å². The van der Waals surface area contributed by atoms with Crippen molar-refractivity contribution < 1.29 is 22.8 Å². The first-order valence-electron chi connectivity index (χ1n) is 13.6. The Morgan fingerprint density at radius 2 is 1.59 bits per heavy atom. The van der Waals surface area contributed by atoms with Crippen LogP contribution in [0.3, 0.4) is 0 Å². The van der Waals surface area contributed by atoms with Crippen LogP contribution in [0.2, 0.25) is 0 Å². The predicted molar refractivity (Wildman–Crippen MR) is 147 cm³/mol. The highest BCUT2D eigenvalue weighted by molar-refractivity contribution is 5.85. The van der Waals surface area contributed by atoms with Crippen molar-refractivity contribution in [2.24, 2.45) is 0 Å². The molecule has 2 amide bonds. The van der Waals surface area contributed by atoms with Crippen molar-refractivity contribution in [1.29, 1.82) is 0 Å². The lowest BCUT2D eigenvalue weighted by Gasteiger charge is -2.28. The highest BCUT2D eigenvalue weighted by atomic mass is 19.4. The first-order chi connectivity index (χ1) is 18.7. The lowest BCUT2D eigenvalue weighted by molar-refractivity contribution is -0.140. The second kappa shape index (κ2) is 14.6. The molecule has 0 atom stereocenters. The van der Waals surface area contributed by atoms with Crippen molar-refractivity contribution >= 4 is 11.8 Å². The molecule has 3 aromatic rings. The number of rotatable bonds is 14. The molecule has 0 radical (unpaired) electrons. The number of benzene rings is 2. The number of alkyl halides is 3. The van der Waals surface area contributed by atoms with E-state index in [1.165, 1.54) is 6.07 Å². The number of amides is 2. The summed E-state index contributed by atoms with van der Waals surface area (Å²) in [5.74, 6) is -0.191. The second-order valence-corrected chi connectivity index (χ2v) is 9.74. The van der Waals surface area contributed by atoms with Gasteiger partial charge in [-0.1, -0.05) is 62.2 Å². The van der Waals surface area contributed by atoms with Gasteiger partial charge in [0.15, 0.2) is 0 Å². The van der Waals surface area contributed by atoms with E-state index in [1.807, 2.05) is 60.2 Å². The standard InChI is InChI=1S/C31H38F3N3O2/c1-3-5-9-19-37(30(39)24-35(4-2)29(38)18-17-25-12-7-6-8-13-25)23-28-16-11-20-36(28)22-26-14-10-15-27(21-26)31(32,33)34/h6-8,10-16,20-21H,3-5,9,17-19,22-24H2,1-2H3. The van der Waals surface area contributed by atoms with Crippen LogP contribution in [0.5, 0.6) is 0 Å². The van der Waals surface area contributed by atoms with Gasteiger partial charge in [-0.2, -0.15) is 13.2 Å². The number of halogens is 3. The number of nitrogens with zero attached hydrogens (tertiary/aromatic N) is 3. The molecule has 8 heteroatoms. The van der Waals surface area contributed by atoms with E-state index >= 15 is 0 Å². The molecule has 2 aromatic carbocycles. The summed E-state index contributed by atoms with van der Waals surface area (Å²) in [6.07, 6.45) is 1.19. The zero-order valence-corrected chi connectivity index (χ0v) is 22.8. The Hall–Kier alpha value is -3.55. The fourth-order valence-corrected chi connectivity index (χ4v) is 4.52. The SMILES string of the molecule is CCCCCN(Cc1cccn1Cc1cccc(C(F)(F)F)c1)C(=O)CN(CC)C(=O)CCc1ccccc1. The Kier molecular flexibility index (Phi) is 11.2. The summed E-state index contributed by atoms with van der Waals surface area (Å²) >= 11 is 0. The van der Waals surface area contributed by atoms with Crippen molar-refractivity contribution in [2.75, 3.05) is 19.6 Å². The van der Waals surface area contributed by atoms with E-state index in [0.29, 0.717) is 38.0 Å². The van der Waals surface area contributed by atoms with Crippen LogP contribution < -0.4 is 0 Å². The highest BCUT2D eigenvalue weighted by Gasteiger charge is 2.30. The molecule has 0 saturated heterocycles. The van der Waals surface area contributed by atoms with Crippen molar-refractivity contribution in [3.63, 3.8) is 0 Å². The molecule has 0 spiro atoms. The molecule has 1 heterocycles. The number of carbonyl (C=O) groups is 2. The van der Waals surface area contributed by atoms with E-state index in [9.17, 15) is 22.8 Å². The van der Waals surface area contributed by atoms with Crippen LogP contribution in [-0.2, 0) is 35.3 Å². The van der Waals surface area contributed by atoms with Crippen LogP contribution >= 0.6 is 0 Å². The number of hydrogen-bond donors (Lipinski definition) is 0. The summed E-state index contributed by atoms with van der Waals surface area (Å²) in [6, 6.07) is 18.8. The fourth-order valence-electron chi connectivity index (χ4n) is 4.52. The van der Waals surface area contributed by atoms with E-state index < -0.39 is 11.7 Å². The maximum atomic E-state index is 13.4. The number of unbranched alkanes of at least 4 members (excludes halogenated alkanes) is 2. The van der Waals surface area contributed by atoms with Gasteiger partial charge in [-0.3, -0.25) is 9.59 Å². The third-order valence-electron chi connectivity index (χ3n) is 6.80. The molecule has 0 aliphatic heterocycles. The summed E-state index contributed by atoms with van der Waals surface area (Å²) in [7, 11) is 0. The van der Waals surface area contributed by atoms with Crippen LogP contribution in [0.15, 0.2) is 72.9 Å². The topological polar surface area (TPSA) is 45.6 Å². The molecule has 5 nitrogen and oxygen atoms in total. The third-order valence-corrected chi connectivity index (χ3v) is 6.80. The summed E-state index contributed by atoms with van der Waals surface area (Å²) in [5.41, 5.74) is 1.76. The fraction of sp³-hybridized carbons (Fsp3) is 0.419. The van der Waals surface area contributed by atoms with Gasteiger partial charge in [-0.05, 0) is 55.2 Å². The quantitative estimate of drug-likeness (QED) is 0.217. The second-order valence-electron chi connectivity index (χ2n) is 9.74. The van der Waals surface area contributed by atoms with Gasteiger partial charge >= 0.3 is 6.18 Å². The zero-order chi connectivity index (χ0) is 28.3. The third kappa shape index (κ3) is 9.30. The Morgan fingerprint density at radius 1 is 0.846 bits per heavy atom. The molecule has 0 fully saturated rings. The molecule has 39 heavy (non-hydrogen) atoms. The number of hydrogen-bond acceptors (Lipinski definition) is 2. The van der Waals surface area contributed by atoms with Gasteiger partial charge in [0.1, 0.15) is 0 Å². The van der Waals surface area contributed by atoms with Gasteiger partial charge in [0, 0.05) is 37.9 Å². The number of aromatic nitrogens is 1. The molecule has 0 N–H and O–H groups in total. The molecule has 0 saturated carbocycles. The van der Waals surface area contributed by atoms with E-state index in [4.69, 9.17) is 0 Å². The van der Waals surface area contributed by atoms with Crippen LogP contribution in [0.4, 0.5) is 13.2 Å². The van der Waals surface area contributed by atoms with Crippen LogP contribution in [0.1, 0.15) is 61.9 Å². The minimum absolute atomic E-state index is 0.00455. The molecule has 0 aliphatic rings. The van der Waals surface area contributed by atoms with Crippen LogP contribution in [-0.4, -0.2) is 45.8 Å². The van der Waals surface area contributed by atoms with E-state index in [0.717, 1.165) is 42.7 Å². The Labute approximate surface area is 229 Å². The Bertz CT molecular complexity index is 1190. The van der Waals surface area contributed by atoms with Crippen molar-refractivity contribution in [2.45, 2.75) is 65.2 Å². The molecule has 3 rings (SSSR count). The summed E-state index contributed by atoms with van der Waals surface area (Å²) in [6.45, 7) is 5.55. The monoisotopic (exact) mass is 541 g/mol. The smallest absolute Gasteiger partial charge is 0.345 e. The normalized spacial score (nSPS) is 11.4. The highest BCUT2D eigenvalue weighted by Crippen LogP contribution is 2.29. The minimum atomic E-state index is -4.40. The number of carbonyl (C=O) groups excluding carboxylic acids is 2.